The van der Waals surface area contributed by atoms with Crippen LogP contribution in [0, 0.1) is 0 Å². The quantitative estimate of drug-likeness (QED) is 0.513. The standard InChI is InChI=1S/C24H21BrN2O5S/c1-4-32-23(30)19-13(2)26-24-27(20(19)14-8-10-16(25)11-9-14)22(29)18(33-24)12-15-6-5-7-17(31-3)21(15)28/h5-12,20,28H,4H2,1-3H3. The van der Waals surface area contributed by atoms with Crippen molar-refractivity contribution in [1.29, 1.82) is 0 Å². The summed E-state index contributed by atoms with van der Waals surface area (Å²) >= 11 is 4.62. The normalized spacial score (nSPS) is 15.8. The summed E-state index contributed by atoms with van der Waals surface area (Å²) in [6, 6.07) is 11.8. The van der Waals surface area contributed by atoms with Gasteiger partial charge in [-0.3, -0.25) is 9.36 Å². The first-order valence-electron chi connectivity index (χ1n) is 10.2. The fraction of sp³-hybridized carbons (Fsp3) is 0.208. The summed E-state index contributed by atoms with van der Waals surface area (Å²) in [7, 11) is 1.46. The SMILES string of the molecule is CCOC(=O)C1=C(C)N=c2sc(=Cc3cccc(OC)c3O)c(=O)n2C1c1ccc(Br)cc1. The molecule has 7 nitrogen and oxygen atoms in total. The topological polar surface area (TPSA) is 90.1 Å². The molecule has 0 aliphatic carbocycles. The third-order valence-corrected chi connectivity index (χ3v) is 6.75. The number of allylic oxidation sites excluding steroid dienone is 1. The summed E-state index contributed by atoms with van der Waals surface area (Å²) in [5.41, 5.74) is 1.71. The minimum atomic E-state index is -0.686. The van der Waals surface area contributed by atoms with Gasteiger partial charge in [-0.1, -0.05) is 51.5 Å². The lowest BCUT2D eigenvalue weighted by Crippen LogP contribution is -2.39. The molecule has 0 amide bonds. The van der Waals surface area contributed by atoms with Crippen molar-refractivity contribution in [3.05, 3.63) is 89.0 Å². The molecule has 0 radical (unpaired) electrons. The van der Waals surface area contributed by atoms with Gasteiger partial charge in [0.2, 0.25) is 0 Å². The van der Waals surface area contributed by atoms with E-state index in [1.54, 1.807) is 38.1 Å². The van der Waals surface area contributed by atoms with E-state index in [9.17, 15) is 14.7 Å². The van der Waals surface area contributed by atoms with E-state index in [2.05, 4.69) is 20.9 Å². The van der Waals surface area contributed by atoms with E-state index >= 15 is 0 Å². The highest BCUT2D eigenvalue weighted by Crippen LogP contribution is 2.32. The number of phenolic OH excluding ortho intramolecular Hbond substituents is 1. The molecular weight excluding hydrogens is 508 g/mol. The van der Waals surface area contributed by atoms with E-state index in [0.29, 0.717) is 31.9 Å². The van der Waals surface area contributed by atoms with Crippen molar-refractivity contribution in [3.63, 3.8) is 0 Å². The van der Waals surface area contributed by atoms with Gasteiger partial charge in [0, 0.05) is 10.0 Å². The van der Waals surface area contributed by atoms with Gasteiger partial charge in [-0.15, -0.1) is 0 Å². The molecule has 1 aliphatic heterocycles. The number of hydrogen-bond donors (Lipinski definition) is 1. The number of benzene rings is 2. The average molecular weight is 529 g/mol. The summed E-state index contributed by atoms with van der Waals surface area (Å²) < 4.78 is 13.2. The van der Waals surface area contributed by atoms with Gasteiger partial charge in [0.15, 0.2) is 16.3 Å². The highest BCUT2D eigenvalue weighted by Gasteiger charge is 2.33. The number of methoxy groups -OCH3 is 1. The summed E-state index contributed by atoms with van der Waals surface area (Å²) in [6.07, 6.45) is 1.60. The number of fused-ring (bicyclic) bond motifs is 1. The Kier molecular flexibility index (Phi) is 6.53. The Hall–Kier alpha value is -3.17. The summed E-state index contributed by atoms with van der Waals surface area (Å²) in [5.74, 6) is -0.255. The van der Waals surface area contributed by atoms with Crippen LogP contribution in [0.1, 0.15) is 31.0 Å². The first-order chi connectivity index (χ1) is 15.8. The molecule has 0 bridgehead atoms. The number of hydrogen-bond acceptors (Lipinski definition) is 7. The monoisotopic (exact) mass is 528 g/mol. The van der Waals surface area contributed by atoms with Crippen LogP contribution in [-0.2, 0) is 9.53 Å². The number of aromatic hydroxyl groups is 1. The second-order valence-corrected chi connectivity index (χ2v) is 9.18. The molecule has 33 heavy (non-hydrogen) atoms. The second-order valence-electron chi connectivity index (χ2n) is 7.25. The molecule has 2 aromatic carbocycles. The van der Waals surface area contributed by atoms with Gasteiger partial charge in [0.25, 0.3) is 5.56 Å². The molecule has 0 spiro atoms. The van der Waals surface area contributed by atoms with Gasteiger partial charge in [-0.05, 0) is 43.7 Å². The van der Waals surface area contributed by atoms with Crippen molar-refractivity contribution in [2.24, 2.45) is 4.99 Å². The maximum atomic E-state index is 13.6. The number of thiazole rings is 1. The van der Waals surface area contributed by atoms with Crippen LogP contribution in [0.25, 0.3) is 6.08 Å². The number of phenols is 1. The Balaban J connectivity index is 1.96. The van der Waals surface area contributed by atoms with Crippen LogP contribution in [0.3, 0.4) is 0 Å². The molecular formula is C24H21BrN2O5S. The molecule has 1 atom stereocenters. The Morgan fingerprint density at radius 3 is 2.67 bits per heavy atom. The number of ether oxygens (including phenoxy) is 2. The zero-order chi connectivity index (χ0) is 23.7. The number of carbonyl (C=O) groups is 1. The number of para-hydroxylation sites is 1. The molecule has 1 unspecified atom stereocenters. The second kappa shape index (κ2) is 9.36. The van der Waals surface area contributed by atoms with E-state index in [1.807, 2.05) is 24.3 Å². The van der Waals surface area contributed by atoms with Gasteiger partial charge in [-0.2, -0.15) is 0 Å². The van der Waals surface area contributed by atoms with Gasteiger partial charge in [-0.25, -0.2) is 9.79 Å². The highest BCUT2D eigenvalue weighted by atomic mass is 79.9. The fourth-order valence-electron chi connectivity index (χ4n) is 3.71. The van der Waals surface area contributed by atoms with Crippen molar-refractivity contribution in [2.45, 2.75) is 19.9 Å². The lowest BCUT2D eigenvalue weighted by Gasteiger charge is -2.24. The molecule has 1 aromatic heterocycles. The average Bonchev–Trinajstić information content (AvgIpc) is 3.09. The number of esters is 1. The summed E-state index contributed by atoms with van der Waals surface area (Å²) in [6.45, 7) is 3.68. The van der Waals surface area contributed by atoms with Crippen molar-refractivity contribution < 1.29 is 19.4 Å². The van der Waals surface area contributed by atoms with Crippen LogP contribution in [0.15, 0.2) is 68.0 Å². The fourth-order valence-corrected chi connectivity index (χ4v) is 5.02. The minimum absolute atomic E-state index is 0.0568. The third kappa shape index (κ3) is 4.26. The molecule has 1 aliphatic rings. The molecule has 9 heteroatoms. The van der Waals surface area contributed by atoms with Crippen molar-refractivity contribution in [2.75, 3.05) is 13.7 Å². The Labute approximate surface area is 202 Å². The van der Waals surface area contributed by atoms with Gasteiger partial charge in [0.05, 0.1) is 35.6 Å². The summed E-state index contributed by atoms with van der Waals surface area (Å²) in [5, 5.41) is 10.5. The molecule has 170 valence electrons. The van der Waals surface area contributed by atoms with Crippen LogP contribution < -0.4 is 19.6 Å². The van der Waals surface area contributed by atoms with Crippen molar-refractivity contribution in [3.8, 4) is 11.5 Å². The molecule has 2 heterocycles. The van der Waals surface area contributed by atoms with Crippen LogP contribution >= 0.6 is 27.3 Å². The molecule has 0 saturated heterocycles. The zero-order valence-electron chi connectivity index (χ0n) is 18.2. The maximum Gasteiger partial charge on any atom is 0.338 e. The maximum absolute atomic E-state index is 13.6. The molecule has 0 saturated carbocycles. The first kappa shape index (κ1) is 23.0. The largest absolute Gasteiger partial charge is 0.504 e. The van der Waals surface area contributed by atoms with Crippen LogP contribution in [0.2, 0.25) is 0 Å². The van der Waals surface area contributed by atoms with E-state index in [4.69, 9.17) is 9.47 Å². The van der Waals surface area contributed by atoms with E-state index in [1.165, 1.54) is 23.0 Å². The summed E-state index contributed by atoms with van der Waals surface area (Å²) in [4.78, 5) is 31.4. The number of carbonyl (C=O) groups excluding carboxylic acids is 1. The Bertz CT molecular complexity index is 1440. The van der Waals surface area contributed by atoms with E-state index in [-0.39, 0.29) is 17.9 Å². The predicted octanol–water partition coefficient (Wildman–Crippen LogP) is 3.28. The molecule has 4 rings (SSSR count). The Morgan fingerprint density at radius 1 is 1.27 bits per heavy atom. The van der Waals surface area contributed by atoms with E-state index < -0.39 is 12.0 Å². The van der Waals surface area contributed by atoms with Gasteiger partial charge in [0.1, 0.15) is 0 Å². The van der Waals surface area contributed by atoms with Gasteiger partial charge < -0.3 is 14.6 Å². The zero-order valence-corrected chi connectivity index (χ0v) is 20.6. The smallest absolute Gasteiger partial charge is 0.338 e. The van der Waals surface area contributed by atoms with Crippen LogP contribution in [0.4, 0.5) is 0 Å². The third-order valence-electron chi connectivity index (χ3n) is 5.24. The van der Waals surface area contributed by atoms with Crippen LogP contribution in [-0.4, -0.2) is 29.4 Å². The van der Waals surface area contributed by atoms with E-state index in [0.717, 1.165) is 10.0 Å². The number of nitrogens with zero attached hydrogens (tertiary/aromatic N) is 2. The van der Waals surface area contributed by atoms with Crippen molar-refractivity contribution in [1.82, 2.24) is 4.57 Å². The number of halogens is 1. The minimum Gasteiger partial charge on any atom is -0.504 e. The lowest BCUT2D eigenvalue weighted by molar-refractivity contribution is -0.139. The molecule has 3 aromatic rings. The van der Waals surface area contributed by atoms with Crippen molar-refractivity contribution >= 4 is 39.3 Å². The number of aromatic nitrogens is 1. The molecule has 0 fully saturated rings. The lowest BCUT2D eigenvalue weighted by atomic mass is 9.96. The first-order valence-corrected chi connectivity index (χ1v) is 11.8. The van der Waals surface area contributed by atoms with Crippen LogP contribution in [0.5, 0.6) is 11.5 Å². The van der Waals surface area contributed by atoms with Gasteiger partial charge >= 0.3 is 5.97 Å². The number of rotatable bonds is 5. The highest BCUT2D eigenvalue weighted by molar-refractivity contribution is 9.10. The predicted molar refractivity (Wildman–Crippen MR) is 129 cm³/mol. The Morgan fingerprint density at radius 2 is 2.00 bits per heavy atom. The molecule has 1 N–H and O–H groups in total.